The first-order valence-electron chi connectivity index (χ1n) is 6.99. The Labute approximate surface area is 129 Å². The maximum atomic E-state index is 6.05. The molecule has 0 aromatic carbocycles. The fourth-order valence-electron chi connectivity index (χ4n) is 1.95. The van der Waals surface area contributed by atoms with Gasteiger partial charge in [-0.25, -0.2) is 9.98 Å². The second-order valence-corrected chi connectivity index (χ2v) is 5.81. The molecule has 0 unspecified atom stereocenters. The number of guanidine groups is 1. The molecule has 116 valence electrons. The molecule has 1 aliphatic rings. The monoisotopic (exact) mass is 310 g/mol. The molecule has 6 nitrogen and oxygen atoms in total. The van der Waals surface area contributed by atoms with Crippen molar-refractivity contribution in [1.29, 1.82) is 0 Å². The largest absolute Gasteiger partial charge is 0.475 e. The first-order valence-corrected chi connectivity index (χ1v) is 8.15. The molecule has 1 aromatic rings. The highest BCUT2D eigenvalue weighted by atomic mass is 32.2. The molecule has 0 radical (unpaired) electrons. The van der Waals surface area contributed by atoms with Gasteiger partial charge in [-0.15, -0.1) is 0 Å². The lowest BCUT2D eigenvalue weighted by Gasteiger charge is -2.27. The fourth-order valence-corrected chi connectivity index (χ4v) is 2.86. The predicted molar refractivity (Wildman–Crippen MR) is 85.8 cm³/mol. The summed E-state index contributed by atoms with van der Waals surface area (Å²) in [5.74, 6) is 3.41. The Bertz CT molecular complexity index is 464. The van der Waals surface area contributed by atoms with E-state index in [-0.39, 0.29) is 0 Å². The second kappa shape index (κ2) is 8.74. The SMILES string of the molecule is COCCOc1ncccc1CN=C(N)N1CCSCC1. The Morgan fingerprint density at radius 1 is 1.43 bits per heavy atom. The number of nitrogens with zero attached hydrogens (tertiary/aromatic N) is 3. The maximum Gasteiger partial charge on any atom is 0.218 e. The molecule has 1 fully saturated rings. The smallest absolute Gasteiger partial charge is 0.218 e. The van der Waals surface area contributed by atoms with Gasteiger partial charge in [0.15, 0.2) is 5.96 Å². The van der Waals surface area contributed by atoms with E-state index in [0.717, 1.165) is 30.2 Å². The normalized spacial score (nSPS) is 16.0. The Morgan fingerprint density at radius 2 is 2.24 bits per heavy atom. The number of hydrogen-bond donors (Lipinski definition) is 1. The van der Waals surface area contributed by atoms with Crippen molar-refractivity contribution in [2.45, 2.75) is 6.54 Å². The predicted octanol–water partition coefficient (Wildman–Crippen LogP) is 0.970. The highest BCUT2D eigenvalue weighted by molar-refractivity contribution is 7.99. The number of methoxy groups -OCH3 is 1. The summed E-state index contributed by atoms with van der Waals surface area (Å²) >= 11 is 1.95. The quantitative estimate of drug-likeness (QED) is 0.479. The Morgan fingerprint density at radius 3 is 3.00 bits per heavy atom. The molecule has 2 heterocycles. The van der Waals surface area contributed by atoms with Crippen LogP contribution >= 0.6 is 11.8 Å². The van der Waals surface area contributed by atoms with E-state index in [0.29, 0.717) is 31.6 Å². The Kier molecular flexibility index (Phi) is 6.62. The van der Waals surface area contributed by atoms with E-state index in [2.05, 4.69) is 14.9 Å². The lowest BCUT2D eigenvalue weighted by atomic mass is 10.3. The van der Waals surface area contributed by atoms with Crippen molar-refractivity contribution < 1.29 is 9.47 Å². The number of nitrogens with two attached hydrogens (primary N) is 1. The zero-order chi connectivity index (χ0) is 14.9. The summed E-state index contributed by atoms with van der Waals surface area (Å²) in [5.41, 5.74) is 6.99. The molecule has 0 amide bonds. The van der Waals surface area contributed by atoms with Gasteiger partial charge in [-0.2, -0.15) is 11.8 Å². The summed E-state index contributed by atoms with van der Waals surface area (Å²) in [4.78, 5) is 10.8. The van der Waals surface area contributed by atoms with Crippen LogP contribution in [0.25, 0.3) is 0 Å². The summed E-state index contributed by atoms with van der Waals surface area (Å²) in [5, 5.41) is 0. The molecule has 0 aliphatic carbocycles. The summed E-state index contributed by atoms with van der Waals surface area (Å²) in [6.07, 6.45) is 1.71. The number of hydrogen-bond acceptors (Lipinski definition) is 5. The van der Waals surface area contributed by atoms with Crippen molar-refractivity contribution in [3.63, 3.8) is 0 Å². The number of aliphatic imine (C=N–C) groups is 1. The van der Waals surface area contributed by atoms with Crippen molar-refractivity contribution in [1.82, 2.24) is 9.88 Å². The fraction of sp³-hybridized carbons (Fsp3) is 0.571. The molecule has 0 saturated carbocycles. The van der Waals surface area contributed by atoms with E-state index in [1.54, 1.807) is 13.3 Å². The van der Waals surface area contributed by atoms with E-state index >= 15 is 0 Å². The molecule has 0 bridgehead atoms. The van der Waals surface area contributed by atoms with Gasteiger partial charge < -0.3 is 20.1 Å². The highest BCUT2D eigenvalue weighted by Gasteiger charge is 2.12. The number of thioether (sulfide) groups is 1. The number of pyridine rings is 1. The minimum absolute atomic E-state index is 0.475. The van der Waals surface area contributed by atoms with Crippen LogP contribution in [0.15, 0.2) is 23.3 Å². The topological polar surface area (TPSA) is 73.0 Å². The average Bonchev–Trinajstić information content (AvgIpc) is 2.54. The van der Waals surface area contributed by atoms with E-state index in [1.807, 2.05) is 23.9 Å². The molecule has 0 spiro atoms. The summed E-state index contributed by atoms with van der Waals surface area (Å²) in [6.45, 7) is 3.41. The second-order valence-electron chi connectivity index (χ2n) is 4.58. The Hall–Kier alpha value is -1.47. The first-order chi connectivity index (χ1) is 10.3. The van der Waals surface area contributed by atoms with Gasteiger partial charge in [-0.3, -0.25) is 0 Å². The van der Waals surface area contributed by atoms with E-state index in [1.165, 1.54) is 0 Å². The Balaban J connectivity index is 1.94. The third-order valence-corrected chi connectivity index (χ3v) is 4.07. The molecule has 1 aliphatic heterocycles. The van der Waals surface area contributed by atoms with Crippen LogP contribution in [-0.4, -0.2) is 60.8 Å². The highest BCUT2D eigenvalue weighted by Crippen LogP contribution is 2.16. The lowest BCUT2D eigenvalue weighted by molar-refractivity contribution is 0.143. The van der Waals surface area contributed by atoms with Crippen LogP contribution in [0, 0.1) is 0 Å². The standard InChI is InChI=1S/C14H22N4O2S/c1-19-7-8-20-13-12(3-2-4-16-13)11-17-14(15)18-5-9-21-10-6-18/h2-4H,5-11H2,1H3,(H2,15,17). The minimum Gasteiger partial charge on any atom is -0.475 e. The van der Waals surface area contributed by atoms with Crippen LogP contribution in [0.4, 0.5) is 0 Å². The van der Waals surface area contributed by atoms with Gasteiger partial charge in [0.2, 0.25) is 5.88 Å². The van der Waals surface area contributed by atoms with Gasteiger partial charge in [0.05, 0.1) is 13.2 Å². The molecule has 21 heavy (non-hydrogen) atoms. The van der Waals surface area contributed by atoms with Crippen LogP contribution in [0.1, 0.15) is 5.56 Å². The molecule has 0 atom stereocenters. The zero-order valence-electron chi connectivity index (χ0n) is 12.3. The van der Waals surface area contributed by atoms with Crippen LogP contribution in [-0.2, 0) is 11.3 Å². The van der Waals surface area contributed by atoms with Crippen LogP contribution in [0.3, 0.4) is 0 Å². The molecule has 7 heteroatoms. The minimum atomic E-state index is 0.475. The number of ether oxygens (including phenoxy) is 2. The summed E-state index contributed by atoms with van der Waals surface area (Å²) < 4.78 is 10.6. The van der Waals surface area contributed by atoms with Crippen molar-refractivity contribution in [3.8, 4) is 5.88 Å². The third kappa shape index (κ3) is 5.09. The van der Waals surface area contributed by atoms with Gasteiger partial charge in [0, 0.05) is 43.5 Å². The van der Waals surface area contributed by atoms with Gasteiger partial charge in [-0.05, 0) is 6.07 Å². The summed E-state index contributed by atoms with van der Waals surface area (Å²) in [6, 6.07) is 3.83. The maximum absolute atomic E-state index is 6.05. The van der Waals surface area contributed by atoms with Crippen molar-refractivity contribution in [2.24, 2.45) is 10.7 Å². The zero-order valence-corrected chi connectivity index (χ0v) is 13.1. The molecular formula is C14H22N4O2S. The van der Waals surface area contributed by atoms with Gasteiger partial charge in [0.1, 0.15) is 6.61 Å². The first kappa shape index (κ1) is 15.9. The average molecular weight is 310 g/mol. The molecule has 2 rings (SSSR count). The molecular weight excluding hydrogens is 288 g/mol. The van der Waals surface area contributed by atoms with E-state index in [4.69, 9.17) is 15.2 Å². The van der Waals surface area contributed by atoms with Gasteiger partial charge in [0.25, 0.3) is 0 Å². The van der Waals surface area contributed by atoms with Crippen molar-refractivity contribution >= 4 is 17.7 Å². The summed E-state index contributed by atoms with van der Waals surface area (Å²) in [7, 11) is 1.64. The third-order valence-electron chi connectivity index (χ3n) is 3.12. The molecule has 1 saturated heterocycles. The van der Waals surface area contributed by atoms with E-state index in [9.17, 15) is 0 Å². The van der Waals surface area contributed by atoms with Gasteiger partial charge in [-0.1, -0.05) is 6.07 Å². The lowest BCUT2D eigenvalue weighted by Crippen LogP contribution is -2.42. The van der Waals surface area contributed by atoms with Crippen molar-refractivity contribution in [3.05, 3.63) is 23.9 Å². The number of rotatable bonds is 6. The van der Waals surface area contributed by atoms with E-state index < -0.39 is 0 Å². The molecule has 1 aromatic heterocycles. The van der Waals surface area contributed by atoms with Crippen LogP contribution < -0.4 is 10.5 Å². The van der Waals surface area contributed by atoms with Crippen LogP contribution in [0.5, 0.6) is 5.88 Å². The van der Waals surface area contributed by atoms with Crippen LogP contribution in [0.2, 0.25) is 0 Å². The van der Waals surface area contributed by atoms with Crippen molar-refractivity contribution in [2.75, 3.05) is 44.9 Å². The van der Waals surface area contributed by atoms with Gasteiger partial charge >= 0.3 is 0 Å². The number of aromatic nitrogens is 1. The molecule has 2 N–H and O–H groups in total.